The Bertz CT molecular complexity index is 1880. The lowest BCUT2D eigenvalue weighted by Gasteiger charge is -2.13. The first kappa shape index (κ1) is 22.1. The van der Waals surface area contributed by atoms with E-state index in [1.54, 1.807) is 0 Å². The van der Waals surface area contributed by atoms with Gasteiger partial charge in [-0.05, 0) is 65.2 Å². The number of benzene rings is 6. The molecule has 1 heterocycles. The monoisotopic (exact) mass is 486 g/mol. The first-order valence-corrected chi connectivity index (χ1v) is 13.0. The van der Waals surface area contributed by atoms with Crippen LogP contribution in [0.25, 0.3) is 49.7 Å². The van der Waals surface area contributed by atoms with Crippen LogP contribution in [0.15, 0.2) is 152 Å². The van der Waals surface area contributed by atoms with Gasteiger partial charge in [-0.15, -0.1) is 0 Å². The molecule has 0 aliphatic carbocycles. The van der Waals surface area contributed by atoms with Crippen LogP contribution >= 0.6 is 0 Å². The normalized spacial score (nSPS) is 11.2. The Morgan fingerprint density at radius 2 is 1.08 bits per heavy atom. The van der Waals surface area contributed by atoms with E-state index in [0.29, 0.717) is 0 Å². The van der Waals surface area contributed by atoms with Crippen LogP contribution in [0.2, 0.25) is 0 Å². The van der Waals surface area contributed by atoms with Crippen molar-refractivity contribution in [2.24, 2.45) is 0 Å². The van der Waals surface area contributed by atoms with Gasteiger partial charge >= 0.3 is 0 Å². The van der Waals surface area contributed by atoms with E-state index in [1.165, 1.54) is 49.7 Å². The van der Waals surface area contributed by atoms with Gasteiger partial charge in [-0.2, -0.15) is 0 Å². The number of para-hydroxylation sites is 3. The number of hydrogen-bond donors (Lipinski definition) is 1. The minimum absolute atomic E-state index is 1.07. The molecule has 0 fully saturated rings. The van der Waals surface area contributed by atoms with E-state index in [2.05, 4.69) is 162 Å². The highest BCUT2D eigenvalue weighted by Gasteiger charge is 2.13. The third-order valence-corrected chi connectivity index (χ3v) is 7.17. The summed E-state index contributed by atoms with van der Waals surface area (Å²) in [5.41, 5.74) is 10.6. The summed E-state index contributed by atoms with van der Waals surface area (Å²) in [5.74, 6) is 0. The number of fused-ring (bicyclic) bond motifs is 3. The van der Waals surface area contributed by atoms with Crippen molar-refractivity contribution in [1.82, 2.24) is 4.57 Å². The van der Waals surface area contributed by atoms with Crippen LogP contribution < -0.4 is 5.32 Å². The minimum atomic E-state index is 1.07. The SMILES string of the molecule is c1ccc(-c2ccccc2Nc2cccc(-c3ccc4c(c3)c3ccccc3n4-c3ccccc3)c2)cc1. The predicted molar refractivity (Wildman–Crippen MR) is 161 cm³/mol. The Morgan fingerprint density at radius 1 is 0.421 bits per heavy atom. The van der Waals surface area contributed by atoms with Crippen LogP contribution in [-0.2, 0) is 0 Å². The molecule has 0 spiro atoms. The maximum absolute atomic E-state index is 3.67. The van der Waals surface area contributed by atoms with Gasteiger partial charge in [0.2, 0.25) is 0 Å². The zero-order valence-electron chi connectivity index (χ0n) is 20.9. The molecular formula is C36H26N2. The van der Waals surface area contributed by atoms with Crippen LogP contribution in [0.4, 0.5) is 11.4 Å². The second-order valence-electron chi connectivity index (χ2n) is 9.54. The molecule has 0 unspecified atom stereocenters. The molecule has 1 aromatic heterocycles. The molecule has 0 aliphatic heterocycles. The summed E-state index contributed by atoms with van der Waals surface area (Å²) in [6.07, 6.45) is 0. The fourth-order valence-corrected chi connectivity index (χ4v) is 5.40. The number of anilines is 2. The summed E-state index contributed by atoms with van der Waals surface area (Å²) in [6.45, 7) is 0. The van der Waals surface area contributed by atoms with E-state index >= 15 is 0 Å². The van der Waals surface area contributed by atoms with Crippen molar-refractivity contribution >= 4 is 33.2 Å². The highest BCUT2D eigenvalue weighted by molar-refractivity contribution is 6.10. The zero-order chi connectivity index (χ0) is 25.3. The molecule has 180 valence electrons. The maximum atomic E-state index is 3.67. The van der Waals surface area contributed by atoms with Gasteiger partial charge in [0, 0.05) is 33.4 Å². The van der Waals surface area contributed by atoms with Crippen molar-refractivity contribution in [3.05, 3.63) is 152 Å². The van der Waals surface area contributed by atoms with Gasteiger partial charge in [0.1, 0.15) is 0 Å². The molecule has 38 heavy (non-hydrogen) atoms. The Labute approximate surface area is 222 Å². The number of nitrogens with one attached hydrogen (secondary N) is 1. The summed E-state index contributed by atoms with van der Waals surface area (Å²) in [6, 6.07) is 53.7. The van der Waals surface area contributed by atoms with Crippen LogP contribution in [0.3, 0.4) is 0 Å². The molecule has 0 radical (unpaired) electrons. The Kier molecular flexibility index (Phi) is 5.49. The van der Waals surface area contributed by atoms with Crippen LogP contribution in [0.1, 0.15) is 0 Å². The molecule has 0 atom stereocenters. The van der Waals surface area contributed by atoms with Gasteiger partial charge in [0.15, 0.2) is 0 Å². The highest BCUT2D eigenvalue weighted by Crippen LogP contribution is 2.36. The van der Waals surface area contributed by atoms with Crippen molar-refractivity contribution in [3.63, 3.8) is 0 Å². The van der Waals surface area contributed by atoms with Gasteiger partial charge in [0.05, 0.1) is 11.0 Å². The first-order valence-electron chi connectivity index (χ1n) is 13.0. The van der Waals surface area contributed by atoms with Gasteiger partial charge in [-0.3, -0.25) is 0 Å². The molecule has 0 saturated carbocycles. The Balaban J connectivity index is 1.30. The van der Waals surface area contributed by atoms with Crippen LogP contribution in [0.5, 0.6) is 0 Å². The van der Waals surface area contributed by atoms with Crippen molar-refractivity contribution in [3.8, 4) is 27.9 Å². The lowest BCUT2D eigenvalue weighted by atomic mass is 10.0. The van der Waals surface area contributed by atoms with Crippen molar-refractivity contribution in [1.29, 1.82) is 0 Å². The highest BCUT2D eigenvalue weighted by atomic mass is 15.0. The predicted octanol–water partition coefficient (Wildman–Crippen LogP) is 9.86. The average Bonchev–Trinajstić information content (AvgIpc) is 3.32. The molecule has 1 N–H and O–H groups in total. The van der Waals surface area contributed by atoms with Gasteiger partial charge in [-0.1, -0.05) is 103 Å². The van der Waals surface area contributed by atoms with Crippen molar-refractivity contribution < 1.29 is 0 Å². The molecule has 6 aromatic carbocycles. The van der Waals surface area contributed by atoms with Crippen molar-refractivity contribution in [2.45, 2.75) is 0 Å². The number of hydrogen-bond acceptors (Lipinski definition) is 1. The molecule has 2 heteroatoms. The quantitative estimate of drug-likeness (QED) is 0.256. The van der Waals surface area contributed by atoms with E-state index in [9.17, 15) is 0 Å². The first-order chi connectivity index (χ1) is 18.8. The fourth-order valence-electron chi connectivity index (χ4n) is 5.40. The molecule has 0 amide bonds. The largest absolute Gasteiger partial charge is 0.355 e. The second kappa shape index (κ2) is 9.42. The topological polar surface area (TPSA) is 17.0 Å². The zero-order valence-corrected chi connectivity index (χ0v) is 20.9. The van der Waals surface area contributed by atoms with Gasteiger partial charge in [0.25, 0.3) is 0 Å². The third kappa shape index (κ3) is 3.93. The summed E-state index contributed by atoms with van der Waals surface area (Å²) >= 11 is 0. The summed E-state index contributed by atoms with van der Waals surface area (Å²) in [4.78, 5) is 0. The summed E-state index contributed by atoms with van der Waals surface area (Å²) in [7, 11) is 0. The molecule has 7 aromatic rings. The third-order valence-electron chi connectivity index (χ3n) is 7.17. The molecule has 0 aliphatic rings. The molecule has 0 saturated heterocycles. The molecule has 7 rings (SSSR count). The van der Waals surface area contributed by atoms with E-state index < -0.39 is 0 Å². The van der Waals surface area contributed by atoms with Crippen molar-refractivity contribution in [2.75, 3.05) is 5.32 Å². The van der Waals surface area contributed by atoms with Gasteiger partial charge in [-0.25, -0.2) is 0 Å². The lowest BCUT2D eigenvalue weighted by Crippen LogP contribution is -1.94. The lowest BCUT2D eigenvalue weighted by molar-refractivity contribution is 1.18. The molecule has 0 bridgehead atoms. The minimum Gasteiger partial charge on any atom is -0.355 e. The van der Waals surface area contributed by atoms with Crippen LogP contribution in [0, 0.1) is 0 Å². The maximum Gasteiger partial charge on any atom is 0.0541 e. The Morgan fingerprint density at radius 3 is 1.95 bits per heavy atom. The smallest absolute Gasteiger partial charge is 0.0541 e. The van der Waals surface area contributed by atoms with E-state index in [4.69, 9.17) is 0 Å². The fraction of sp³-hybridized carbons (Fsp3) is 0. The number of nitrogens with zero attached hydrogens (tertiary/aromatic N) is 1. The van der Waals surface area contributed by atoms with E-state index in [0.717, 1.165) is 11.4 Å². The number of aromatic nitrogens is 1. The second-order valence-corrected chi connectivity index (χ2v) is 9.54. The van der Waals surface area contributed by atoms with Gasteiger partial charge < -0.3 is 9.88 Å². The van der Waals surface area contributed by atoms with E-state index in [-0.39, 0.29) is 0 Å². The molecule has 2 nitrogen and oxygen atoms in total. The summed E-state index contributed by atoms with van der Waals surface area (Å²) < 4.78 is 2.35. The van der Waals surface area contributed by atoms with E-state index in [1.807, 2.05) is 0 Å². The summed E-state index contributed by atoms with van der Waals surface area (Å²) in [5, 5.41) is 6.19. The number of rotatable bonds is 5. The molecular weight excluding hydrogens is 460 g/mol. The Hall–Kier alpha value is -5.08. The van der Waals surface area contributed by atoms with Crippen LogP contribution in [-0.4, -0.2) is 4.57 Å². The average molecular weight is 487 g/mol. The standard InChI is InChI=1S/C36H26N2/c1-3-12-26(13-4-1)31-18-7-9-20-34(31)37-29-15-11-14-27(24-29)28-22-23-36-33(25-28)32-19-8-10-21-35(32)38(36)30-16-5-2-6-17-30/h1-25,37H.